The molecule has 26 heavy (non-hydrogen) atoms. The molecule has 0 aliphatic heterocycles. The van der Waals surface area contributed by atoms with Gasteiger partial charge in [-0.2, -0.15) is 9.78 Å². The highest BCUT2D eigenvalue weighted by Crippen LogP contribution is 2.30. The molecule has 0 saturated heterocycles. The Morgan fingerprint density at radius 1 is 1.15 bits per heavy atom. The van der Waals surface area contributed by atoms with Crippen LogP contribution < -0.4 is 11.2 Å². The molecule has 3 aromatic rings. The molecule has 1 aromatic heterocycles. The highest BCUT2D eigenvalue weighted by atomic mass is 35.5. The third-order valence-electron chi connectivity index (χ3n) is 3.91. The Labute approximate surface area is 159 Å². The maximum Gasteiger partial charge on any atom is 0.349 e. The molecule has 7 heteroatoms. The van der Waals surface area contributed by atoms with E-state index in [1.165, 1.54) is 0 Å². The van der Waals surface area contributed by atoms with E-state index in [1.807, 2.05) is 31.2 Å². The van der Waals surface area contributed by atoms with E-state index in [0.29, 0.717) is 22.2 Å². The van der Waals surface area contributed by atoms with E-state index >= 15 is 0 Å². The zero-order valence-corrected chi connectivity index (χ0v) is 15.4. The van der Waals surface area contributed by atoms with Crippen molar-refractivity contribution in [2.24, 2.45) is 0 Å². The van der Waals surface area contributed by atoms with Crippen LogP contribution in [0, 0.1) is 0 Å². The number of hydrogen-bond acceptors (Lipinski definition) is 3. The molecule has 0 radical (unpaired) electrons. The lowest BCUT2D eigenvalue weighted by atomic mass is 10.0. The molecular formula is C19H15Cl2N3O2. The first-order valence-corrected chi connectivity index (χ1v) is 8.52. The van der Waals surface area contributed by atoms with Crippen LogP contribution in [-0.2, 0) is 6.42 Å². The van der Waals surface area contributed by atoms with Crippen molar-refractivity contribution in [3.63, 3.8) is 0 Å². The molecular weight excluding hydrogens is 373 g/mol. The number of rotatable bonds is 4. The number of nitrogens with zero attached hydrogens (tertiary/aromatic N) is 2. The van der Waals surface area contributed by atoms with Crippen molar-refractivity contribution in [3.8, 4) is 5.69 Å². The minimum Gasteiger partial charge on any atom is -0.271 e. The van der Waals surface area contributed by atoms with E-state index in [0.717, 1.165) is 33.1 Å². The number of benzene rings is 2. The molecule has 0 amide bonds. The van der Waals surface area contributed by atoms with Crippen molar-refractivity contribution in [1.82, 2.24) is 14.8 Å². The summed E-state index contributed by atoms with van der Waals surface area (Å²) >= 11 is 12.8. The smallest absolute Gasteiger partial charge is 0.271 e. The number of hydrogen-bond donors (Lipinski definition) is 1. The van der Waals surface area contributed by atoms with Gasteiger partial charge in [0.05, 0.1) is 5.69 Å². The summed E-state index contributed by atoms with van der Waals surface area (Å²) in [5, 5.41) is 4.63. The van der Waals surface area contributed by atoms with Gasteiger partial charge in [0.25, 0.3) is 5.56 Å². The van der Waals surface area contributed by atoms with Gasteiger partial charge in [-0.1, -0.05) is 59.6 Å². The molecule has 0 fully saturated rings. The summed E-state index contributed by atoms with van der Waals surface area (Å²) in [5.41, 5.74) is 3.01. The summed E-state index contributed by atoms with van der Waals surface area (Å²) < 4.78 is 1.03. The number of aromatic amines is 1. The Bertz CT molecular complexity index is 1080. The van der Waals surface area contributed by atoms with Gasteiger partial charge in [0.15, 0.2) is 0 Å². The Morgan fingerprint density at radius 2 is 1.77 bits per heavy atom. The van der Waals surface area contributed by atoms with Crippen LogP contribution in [0.15, 0.2) is 58.8 Å². The lowest BCUT2D eigenvalue weighted by Gasteiger charge is -2.11. The Kier molecular flexibility index (Phi) is 5.11. The third-order valence-corrected chi connectivity index (χ3v) is 4.59. The molecule has 0 bridgehead atoms. The van der Waals surface area contributed by atoms with E-state index in [2.05, 4.69) is 16.7 Å². The molecule has 2 aromatic carbocycles. The predicted octanol–water partition coefficient (Wildman–Crippen LogP) is 3.85. The molecule has 0 atom stereocenters. The van der Waals surface area contributed by atoms with Gasteiger partial charge in [-0.3, -0.25) is 9.78 Å². The second-order valence-corrected chi connectivity index (χ2v) is 6.71. The van der Waals surface area contributed by atoms with Gasteiger partial charge in [0.1, 0.15) is 6.20 Å². The molecule has 3 rings (SSSR count). The van der Waals surface area contributed by atoms with Crippen molar-refractivity contribution in [2.45, 2.75) is 13.3 Å². The lowest BCUT2D eigenvalue weighted by molar-refractivity contribution is 0.749. The Hall–Kier alpha value is -2.63. The largest absolute Gasteiger partial charge is 0.349 e. The van der Waals surface area contributed by atoms with Crippen molar-refractivity contribution in [3.05, 3.63) is 96.7 Å². The normalized spacial score (nSPS) is 10.7. The second-order valence-electron chi connectivity index (χ2n) is 5.89. The van der Waals surface area contributed by atoms with E-state index < -0.39 is 11.2 Å². The van der Waals surface area contributed by atoms with E-state index in [1.54, 1.807) is 12.1 Å². The molecule has 0 aliphatic rings. The SMILES string of the molecule is C=C(C)c1ccc(Cc2c(Cl)cc(-n3ncc(=O)[nH]c3=O)cc2Cl)cc1. The Morgan fingerprint density at radius 3 is 2.31 bits per heavy atom. The van der Waals surface area contributed by atoms with E-state index in [-0.39, 0.29) is 0 Å². The minimum absolute atomic E-state index is 0.377. The van der Waals surface area contributed by atoms with Crippen LogP contribution in [0.25, 0.3) is 11.3 Å². The van der Waals surface area contributed by atoms with Crippen LogP contribution in [0.1, 0.15) is 23.6 Å². The summed E-state index contributed by atoms with van der Waals surface area (Å²) in [4.78, 5) is 25.2. The summed E-state index contributed by atoms with van der Waals surface area (Å²) in [5.74, 6) is 0. The maximum absolute atomic E-state index is 11.9. The monoisotopic (exact) mass is 387 g/mol. The van der Waals surface area contributed by atoms with Crippen molar-refractivity contribution in [2.75, 3.05) is 0 Å². The average molecular weight is 388 g/mol. The summed E-state index contributed by atoms with van der Waals surface area (Å²) in [6.07, 6.45) is 1.56. The van der Waals surface area contributed by atoms with E-state index in [4.69, 9.17) is 23.2 Å². The number of H-pyrrole nitrogens is 1. The van der Waals surface area contributed by atoms with Crippen LogP contribution in [0.5, 0.6) is 0 Å². The first-order chi connectivity index (χ1) is 12.3. The van der Waals surface area contributed by atoms with Crippen molar-refractivity contribution >= 4 is 28.8 Å². The number of allylic oxidation sites excluding steroid dienone is 1. The van der Waals surface area contributed by atoms with Crippen LogP contribution >= 0.6 is 23.2 Å². The summed E-state index contributed by atoms with van der Waals surface area (Å²) in [6.45, 7) is 5.87. The van der Waals surface area contributed by atoms with Crippen molar-refractivity contribution < 1.29 is 0 Å². The van der Waals surface area contributed by atoms with Crippen molar-refractivity contribution in [1.29, 1.82) is 0 Å². The maximum atomic E-state index is 11.9. The molecule has 1 heterocycles. The molecule has 132 valence electrons. The number of aromatic nitrogens is 3. The first kappa shape index (κ1) is 18.2. The standard InChI is InChI=1S/C19H15Cl2N3O2/c1-11(2)13-5-3-12(4-6-13)7-15-16(20)8-14(9-17(15)21)24-19(26)23-18(25)10-22-24/h3-6,8-10H,1,7H2,2H3,(H,23,25,26). The number of nitrogens with one attached hydrogen (secondary N) is 1. The molecule has 0 unspecified atom stereocenters. The highest BCUT2D eigenvalue weighted by molar-refractivity contribution is 6.36. The molecule has 0 spiro atoms. The van der Waals surface area contributed by atoms with Crippen LogP contribution in [0.4, 0.5) is 0 Å². The second kappa shape index (κ2) is 7.32. The average Bonchev–Trinajstić information content (AvgIpc) is 2.58. The fourth-order valence-corrected chi connectivity index (χ4v) is 3.14. The van der Waals surface area contributed by atoms with Gasteiger partial charge in [-0.15, -0.1) is 0 Å². The molecule has 0 saturated carbocycles. The van der Waals surface area contributed by atoms with Gasteiger partial charge in [0, 0.05) is 16.5 Å². The summed E-state index contributed by atoms with van der Waals surface area (Å²) in [7, 11) is 0. The van der Waals surface area contributed by atoms with Gasteiger partial charge in [-0.25, -0.2) is 4.79 Å². The molecule has 1 N–H and O–H groups in total. The fourth-order valence-electron chi connectivity index (χ4n) is 2.53. The van der Waals surface area contributed by atoms with Gasteiger partial charge < -0.3 is 0 Å². The summed E-state index contributed by atoms with van der Waals surface area (Å²) in [6, 6.07) is 11.2. The minimum atomic E-state index is -0.659. The zero-order chi connectivity index (χ0) is 18.8. The molecule has 5 nitrogen and oxygen atoms in total. The first-order valence-electron chi connectivity index (χ1n) is 7.77. The zero-order valence-electron chi connectivity index (χ0n) is 13.9. The Balaban J connectivity index is 1.96. The van der Waals surface area contributed by atoms with Crippen LogP contribution in [-0.4, -0.2) is 14.8 Å². The number of halogens is 2. The van der Waals surface area contributed by atoms with E-state index in [9.17, 15) is 9.59 Å². The fraction of sp³-hybridized carbons (Fsp3) is 0.105. The van der Waals surface area contributed by atoms with Crippen LogP contribution in [0.3, 0.4) is 0 Å². The predicted molar refractivity (Wildman–Crippen MR) is 104 cm³/mol. The highest BCUT2D eigenvalue weighted by Gasteiger charge is 2.12. The third kappa shape index (κ3) is 3.79. The lowest BCUT2D eigenvalue weighted by Crippen LogP contribution is -2.30. The molecule has 0 aliphatic carbocycles. The topological polar surface area (TPSA) is 67.8 Å². The van der Waals surface area contributed by atoms with Gasteiger partial charge >= 0.3 is 5.69 Å². The quantitative estimate of drug-likeness (QED) is 0.738. The van der Waals surface area contributed by atoms with Gasteiger partial charge in [0.2, 0.25) is 0 Å². The van der Waals surface area contributed by atoms with Gasteiger partial charge in [-0.05, 0) is 35.7 Å². The van der Waals surface area contributed by atoms with Crippen LogP contribution in [0.2, 0.25) is 10.0 Å².